The van der Waals surface area contributed by atoms with E-state index in [1.54, 1.807) is 5.01 Å². The molecule has 0 N–H and O–H groups in total. The Bertz CT molecular complexity index is 188. The third-order valence-corrected chi connectivity index (χ3v) is 3.08. The van der Waals surface area contributed by atoms with Crippen LogP contribution in [0.5, 0.6) is 0 Å². The van der Waals surface area contributed by atoms with Gasteiger partial charge in [-0.05, 0) is 0 Å². The Hall–Kier alpha value is -0.130. The molecular weight excluding hydrogens is 192 g/mol. The monoisotopic (exact) mass is 204 g/mol. The van der Waals surface area contributed by atoms with E-state index in [1.165, 1.54) is 11.8 Å². The van der Waals surface area contributed by atoms with Gasteiger partial charge in [0.25, 0.3) is 5.91 Å². The predicted molar refractivity (Wildman–Crippen MR) is 54.8 cm³/mol. The van der Waals surface area contributed by atoms with E-state index < -0.39 is 0 Å². The first kappa shape index (κ1) is 9.95. The zero-order chi connectivity index (χ0) is 9.14. The summed E-state index contributed by atoms with van der Waals surface area (Å²) in [6.07, 6.45) is 0. The quantitative estimate of drug-likeness (QED) is 0.642. The zero-order valence-electron chi connectivity index (χ0n) is 7.24. The Labute approximate surface area is 82.1 Å². The molecule has 0 saturated carbocycles. The van der Waals surface area contributed by atoms with Gasteiger partial charge in [-0.3, -0.25) is 4.79 Å². The lowest BCUT2D eigenvalue weighted by atomic mass is 10.6. The fourth-order valence-corrected chi connectivity index (χ4v) is 2.23. The Morgan fingerprint density at radius 3 is 2.50 bits per heavy atom. The SMILES string of the molecule is CCN(CC)N1C(=O)CSC1=S. The molecule has 1 fully saturated rings. The fourth-order valence-electron chi connectivity index (χ4n) is 1.13. The minimum absolute atomic E-state index is 0.105. The predicted octanol–water partition coefficient (Wildman–Crippen LogP) is 1.10. The zero-order valence-corrected chi connectivity index (χ0v) is 8.87. The standard InChI is InChI=1S/C7H12N2OS2/c1-3-8(4-2)9-6(10)5-12-7(9)11/h3-5H2,1-2H3. The van der Waals surface area contributed by atoms with Gasteiger partial charge in [0, 0.05) is 13.1 Å². The van der Waals surface area contributed by atoms with Crippen molar-refractivity contribution in [3.8, 4) is 0 Å². The fraction of sp³-hybridized carbons (Fsp3) is 0.714. The van der Waals surface area contributed by atoms with Crippen molar-refractivity contribution in [3.63, 3.8) is 0 Å². The van der Waals surface area contributed by atoms with Crippen LogP contribution in [0, 0.1) is 0 Å². The van der Waals surface area contributed by atoms with Crippen LogP contribution in [0.25, 0.3) is 0 Å². The van der Waals surface area contributed by atoms with Crippen molar-refractivity contribution in [1.82, 2.24) is 10.0 Å². The maximum atomic E-state index is 11.3. The second-order valence-electron chi connectivity index (χ2n) is 2.40. The van der Waals surface area contributed by atoms with E-state index in [2.05, 4.69) is 0 Å². The second kappa shape index (κ2) is 4.20. The van der Waals surface area contributed by atoms with E-state index in [0.717, 1.165) is 13.1 Å². The molecule has 0 aromatic rings. The summed E-state index contributed by atoms with van der Waals surface area (Å²) in [6.45, 7) is 5.68. The molecule has 1 amide bonds. The normalized spacial score (nSPS) is 18.1. The molecule has 0 unspecified atom stereocenters. The Balaban J connectivity index is 2.70. The highest BCUT2D eigenvalue weighted by molar-refractivity contribution is 8.23. The van der Waals surface area contributed by atoms with Crippen molar-refractivity contribution >= 4 is 34.2 Å². The highest BCUT2D eigenvalue weighted by Crippen LogP contribution is 2.20. The molecule has 12 heavy (non-hydrogen) atoms. The number of nitrogens with zero attached hydrogens (tertiary/aromatic N) is 2. The van der Waals surface area contributed by atoms with Crippen molar-refractivity contribution in [3.05, 3.63) is 0 Å². The highest BCUT2D eigenvalue weighted by Gasteiger charge is 2.30. The van der Waals surface area contributed by atoms with Crippen molar-refractivity contribution in [1.29, 1.82) is 0 Å². The molecule has 1 rings (SSSR count). The topological polar surface area (TPSA) is 23.6 Å². The second-order valence-corrected chi connectivity index (χ2v) is 4.01. The molecule has 1 aliphatic heterocycles. The van der Waals surface area contributed by atoms with Crippen LogP contribution in [0.3, 0.4) is 0 Å². The molecule has 1 heterocycles. The van der Waals surface area contributed by atoms with E-state index in [0.29, 0.717) is 10.1 Å². The third-order valence-electron chi connectivity index (χ3n) is 1.74. The van der Waals surface area contributed by atoms with Gasteiger partial charge in [-0.25, -0.2) is 10.0 Å². The Morgan fingerprint density at radius 2 is 2.17 bits per heavy atom. The van der Waals surface area contributed by atoms with E-state index in [4.69, 9.17) is 12.2 Å². The number of carbonyl (C=O) groups is 1. The van der Waals surface area contributed by atoms with Crippen LogP contribution in [0.4, 0.5) is 0 Å². The third kappa shape index (κ3) is 1.78. The van der Waals surface area contributed by atoms with Gasteiger partial charge in [0.1, 0.15) is 0 Å². The van der Waals surface area contributed by atoms with Gasteiger partial charge in [-0.1, -0.05) is 37.8 Å². The van der Waals surface area contributed by atoms with Gasteiger partial charge in [0.2, 0.25) is 0 Å². The van der Waals surface area contributed by atoms with E-state index in [9.17, 15) is 4.79 Å². The molecule has 0 atom stereocenters. The molecule has 0 aliphatic carbocycles. The minimum Gasteiger partial charge on any atom is -0.272 e. The maximum Gasteiger partial charge on any atom is 0.253 e. The highest BCUT2D eigenvalue weighted by atomic mass is 32.2. The molecule has 3 nitrogen and oxygen atoms in total. The van der Waals surface area contributed by atoms with E-state index >= 15 is 0 Å². The van der Waals surface area contributed by atoms with Crippen LogP contribution in [0.1, 0.15) is 13.8 Å². The van der Waals surface area contributed by atoms with Crippen molar-refractivity contribution in [2.24, 2.45) is 0 Å². The van der Waals surface area contributed by atoms with E-state index in [1.807, 2.05) is 18.9 Å². The van der Waals surface area contributed by atoms with Gasteiger partial charge < -0.3 is 0 Å². The summed E-state index contributed by atoms with van der Waals surface area (Å²) >= 11 is 6.49. The first-order chi connectivity index (χ1) is 5.70. The number of thioether (sulfide) groups is 1. The molecule has 1 aliphatic rings. The summed E-state index contributed by atoms with van der Waals surface area (Å²) in [7, 11) is 0. The molecule has 0 aromatic heterocycles. The summed E-state index contributed by atoms with van der Waals surface area (Å²) in [4.78, 5) is 11.3. The van der Waals surface area contributed by atoms with Gasteiger partial charge >= 0.3 is 0 Å². The smallest absolute Gasteiger partial charge is 0.253 e. The van der Waals surface area contributed by atoms with Crippen LogP contribution in [-0.2, 0) is 4.79 Å². The Morgan fingerprint density at radius 1 is 1.58 bits per heavy atom. The number of hydrogen-bond donors (Lipinski definition) is 0. The number of amides is 1. The molecule has 1 saturated heterocycles. The van der Waals surface area contributed by atoms with Gasteiger partial charge in [0.05, 0.1) is 5.75 Å². The Kier molecular flexibility index (Phi) is 3.49. The van der Waals surface area contributed by atoms with Gasteiger partial charge in [-0.2, -0.15) is 0 Å². The van der Waals surface area contributed by atoms with Crippen LogP contribution >= 0.6 is 24.0 Å². The molecule has 5 heteroatoms. The van der Waals surface area contributed by atoms with Crippen LogP contribution < -0.4 is 0 Å². The lowest BCUT2D eigenvalue weighted by Crippen LogP contribution is -2.45. The molecular formula is C7H12N2OS2. The number of rotatable bonds is 3. The molecule has 0 aromatic carbocycles. The number of carbonyl (C=O) groups excluding carboxylic acids is 1. The van der Waals surface area contributed by atoms with Crippen LogP contribution in [-0.4, -0.2) is 39.1 Å². The molecule has 0 spiro atoms. The van der Waals surface area contributed by atoms with Crippen LogP contribution in [0.15, 0.2) is 0 Å². The lowest BCUT2D eigenvalue weighted by molar-refractivity contribution is -0.134. The summed E-state index contributed by atoms with van der Waals surface area (Å²) in [5.74, 6) is 0.601. The van der Waals surface area contributed by atoms with Crippen molar-refractivity contribution in [2.75, 3.05) is 18.8 Å². The first-order valence-electron chi connectivity index (χ1n) is 3.95. The average molecular weight is 204 g/mol. The molecule has 0 bridgehead atoms. The lowest BCUT2D eigenvalue weighted by Gasteiger charge is -2.28. The van der Waals surface area contributed by atoms with E-state index in [-0.39, 0.29) is 5.91 Å². The number of thiocarbonyl (C=S) groups is 1. The molecule has 0 radical (unpaired) electrons. The average Bonchev–Trinajstić information content (AvgIpc) is 2.38. The van der Waals surface area contributed by atoms with Crippen molar-refractivity contribution in [2.45, 2.75) is 13.8 Å². The largest absolute Gasteiger partial charge is 0.272 e. The molecule has 68 valence electrons. The summed E-state index contributed by atoms with van der Waals surface area (Å²) in [5, 5.41) is 3.56. The van der Waals surface area contributed by atoms with Crippen molar-refractivity contribution < 1.29 is 4.79 Å². The maximum absolute atomic E-state index is 11.3. The first-order valence-corrected chi connectivity index (χ1v) is 5.34. The van der Waals surface area contributed by atoms with Gasteiger partial charge in [-0.15, -0.1) is 0 Å². The minimum atomic E-state index is 0.105. The van der Waals surface area contributed by atoms with Gasteiger partial charge in [0.15, 0.2) is 4.32 Å². The number of hydrogen-bond acceptors (Lipinski definition) is 4. The summed E-state index contributed by atoms with van der Waals surface area (Å²) in [5.41, 5.74) is 0. The summed E-state index contributed by atoms with van der Waals surface area (Å²) in [6, 6.07) is 0. The number of hydrazine groups is 1. The van der Waals surface area contributed by atoms with Crippen LogP contribution in [0.2, 0.25) is 0 Å². The summed E-state index contributed by atoms with van der Waals surface area (Å²) < 4.78 is 0.684.